The average Bonchev–Trinajstić information content (AvgIpc) is 2.93. The Hall–Kier alpha value is -2.92. The summed E-state index contributed by atoms with van der Waals surface area (Å²) in [4.78, 5) is 12.1. The van der Waals surface area contributed by atoms with Crippen LogP contribution in [0.4, 0.5) is 11.6 Å². The van der Waals surface area contributed by atoms with Crippen molar-refractivity contribution in [2.45, 2.75) is 39.0 Å². The second-order valence-corrected chi connectivity index (χ2v) is 10.4. The van der Waals surface area contributed by atoms with Crippen LogP contribution in [-0.2, 0) is 12.8 Å². The number of likely N-dealkylation sites (N-methyl/N-ethyl adjacent to an activating group) is 1. The summed E-state index contributed by atoms with van der Waals surface area (Å²) in [6, 6.07) is 23.0. The molecule has 0 spiro atoms. The second kappa shape index (κ2) is 11.6. The van der Waals surface area contributed by atoms with Gasteiger partial charge >= 0.3 is 0 Å². The standard InChI is InChI=1S/C31H32Cl2N4/c1-3-16-37(4-2)17-15-21-9-12-24(13-10-21)35-31-34-20-23-18-27(22-11-14-28(32)29(33)19-22)25-7-5-6-8-26(25)30(23)36-31/h5-14,19-20,27H,3-4,15-18H2,1-2H3,(H,34,35,36). The van der Waals surface area contributed by atoms with Crippen molar-refractivity contribution in [3.63, 3.8) is 0 Å². The largest absolute Gasteiger partial charge is 0.324 e. The number of halogens is 2. The van der Waals surface area contributed by atoms with Gasteiger partial charge in [-0.1, -0.05) is 79.5 Å². The van der Waals surface area contributed by atoms with Crippen LogP contribution in [0.1, 0.15) is 48.4 Å². The Kier molecular flexibility index (Phi) is 8.09. The molecular formula is C31H32Cl2N4. The molecule has 4 nitrogen and oxygen atoms in total. The number of rotatable bonds is 9. The number of nitrogens with zero attached hydrogens (tertiary/aromatic N) is 3. The van der Waals surface area contributed by atoms with E-state index in [1.807, 2.05) is 18.3 Å². The highest BCUT2D eigenvalue weighted by Gasteiger charge is 2.27. The Labute approximate surface area is 229 Å². The Bertz CT molecular complexity index is 1370. The maximum atomic E-state index is 6.35. The summed E-state index contributed by atoms with van der Waals surface area (Å²) in [5.41, 5.74) is 7.96. The van der Waals surface area contributed by atoms with Gasteiger partial charge in [0.25, 0.3) is 0 Å². The summed E-state index contributed by atoms with van der Waals surface area (Å²) in [5, 5.41) is 4.55. The average molecular weight is 532 g/mol. The van der Waals surface area contributed by atoms with Gasteiger partial charge in [-0.15, -0.1) is 0 Å². The number of nitrogens with one attached hydrogen (secondary N) is 1. The molecule has 0 amide bonds. The normalized spacial score (nSPS) is 14.4. The monoisotopic (exact) mass is 530 g/mol. The van der Waals surface area contributed by atoms with Crippen molar-refractivity contribution in [2.24, 2.45) is 0 Å². The summed E-state index contributed by atoms with van der Waals surface area (Å²) in [6.07, 6.45) is 5.01. The molecule has 3 aromatic carbocycles. The van der Waals surface area contributed by atoms with Crippen LogP contribution >= 0.6 is 23.2 Å². The van der Waals surface area contributed by atoms with Crippen LogP contribution in [0, 0.1) is 0 Å². The van der Waals surface area contributed by atoms with Crippen LogP contribution in [-0.4, -0.2) is 34.5 Å². The minimum atomic E-state index is 0.175. The number of aromatic nitrogens is 2. The molecule has 1 atom stereocenters. The maximum absolute atomic E-state index is 6.35. The summed E-state index contributed by atoms with van der Waals surface area (Å²) in [7, 11) is 0. The van der Waals surface area contributed by atoms with Crippen molar-refractivity contribution in [3.05, 3.63) is 105 Å². The van der Waals surface area contributed by atoms with Gasteiger partial charge in [-0.2, -0.15) is 0 Å². The lowest BCUT2D eigenvalue weighted by molar-refractivity contribution is 0.292. The molecule has 190 valence electrons. The number of hydrogen-bond acceptors (Lipinski definition) is 4. The van der Waals surface area contributed by atoms with Crippen LogP contribution in [0.5, 0.6) is 0 Å². The fourth-order valence-electron chi connectivity index (χ4n) is 5.14. The molecular weight excluding hydrogens is 499 g/mol. The zero-order valence-corrected chi connectivity index (χ0v) is 22.9. The lowest BCUT2D eigenvalue weighted by Crippen LogP contribution is -2.26. The van der Waals surface area contributed by atoms with Gasteiger partial charge in [0.05, 0.1) is 15.7 Å². The van der Waals surface area contributed by atoms with Gasteiger partial charge in [-0.3, -0.25) is 0 Å². The van der Waals surface area contributed by atoms with E-state index < -0.39 is 0 Å². The van der Waals surface area contributed by atoms with E-state index in [0.29, 0.717) is 16.0 Å². The first-order chi connectivity index (χ1) is 18.1. The van der Waals surface area contributed by atoms with Crippen LogP contribution in [0.25, 0.3) is 11.3 Å². The highest BCUT2D eigenvalue weighted by atomic mass is 35.5. The number of hydrogen-bond donors (Lipinski definition) is 1. The van der Waals surface area contributed by atoms with E-state index in [1.54, 1.807) is 0 Å². The van der Waals surface area contributed by atoms with Crippen molar-refractivity contribution in [2.75, 3.05) is 25.0 Å². The molecule has 5 rings (SSSR count). The Morgan fingerprint density at radius 1 is 0.946 bits per heavy atom. The Morgan fingerprint density at radius 2 is 1.76 bits per heavy atom. The van der Waals surface area contributed by atoms with E-state index in [9.17, 15) is 0 Å². The van der Waals surface area contributed by atoms with E-state index in [-0.39, 0.29) is 5.92 Å². The minimum Gasteiger partial charge on any atom is -0.324 e. The van der Waals surface area contributed by atoms with E-state index in [1.165, 1.54) is 17.5 Å². The van der Waals surface area contributed by atoms with E-state index in [4.69, 9.17) is 28.2 Å². The summed E-state index contributed by atoms with van der Waals surface area (Å²) >= 11 is 12.5. The first kappa shape index (κ1) is 25.7. The molecule has 1 N–H and O–H groups in total. The highest BCUT2D eigenvalue weighted by Crippen LogP contribution is 2.43. The van der Waals surface area contributed by atoms with Crippen molar-refractivity contribution < 1.29 is 0 Å². The molecule has 37 heavy (non-hydrogen) atoms. The van der Waals surface area contributed by atoms with Crippen molar-refractivity contribution in [1.29, 1.82) is 0 Å². The molecule has 1 aliphatic rings. The topological polar surface area (TPSA) is 41.0 Å². The molecule has 1 aliphatic carbocycles. The van der Waals surface area contributed by atoms with Gasteiger partial charge in [-0.25, -0.2) is 9.97 Å². The molecule has 1 heterocycles. The van der Waals surface area contributed by atoms with Gasteiger partial charge in [0.1, 0.15) is 0 Å². The first-order valence-electron chi connectivity index (χ1n) is 13.0. The third-order valence-corrected chi connectivity index (χ3v) is 7.88. The summed E-state index contributed by atoms with van der Waals surface area (Å²) < 4.78 is 0. The predicted octanol–water partition coefficient (Wildman–Crippen LogP) is 8.16. The van der Waals surface area contributed by atoms with Crippen LogP contribution < -0.4 is 5.32 Å². The smallest absolute Gasteiger partial charge is 0.227 e. The lowest BCUT2D eigenvalue weighted by atomic mass is 9.78. The Balaban J connectivity index is 1.34. The number of fused-ring (bicyclic) bond motifs is 3. The third-order valence-electron chi connectivity index (χ3n) is 7.14. The number of anilines is 2. The van der Waals surface area contributed by atoms with E-state index in [0.717, 1.165) is 60.5 Å². The van der Waals surface area contributed by atoms with Crippen molar-refractivity contribution in [3.8, 4) is 11.3 Å². The van der Waals surface area contributed by atoms with Crippen LogP contribution in [0.3, 0.4) is 0 Å². The molecule has 0 fully saturated rings. The predicted molar refractivity (Wildman–Crippen MR) is 155 cm³/mol. The molecule has 1 unspecified atom stereocenters. The van der Waals surface area contributed by atoms with Crippen LogP contribution in [0.15, 0.2) is 72.9 Å². The molecule has 1 aromatic heterocycles. The first-order valence-corrected chi connectivity index (χ1v) is 13.8. The molecule has 6 heteroatoms. The fourth-order valence-corrected chi connectivity index (χ4v) is 5.44. The fraction of sp³-hybridized carbons (Fsp3) is 0.290. The molecule has 0 bridgehead atoms. The second-order valence-electron chi connectivity index (χ2n) is 9.59. The molecule has 0 aliphatic heterocycles. The van der Waals surface area contributed by atoms with Gasteiger partial charge in [0.15, 0.2) is 0 Å². The van der Waals surface area contributed by atoms with E-state index in [2.05, 4.69) is 83.6 Å². The van der Waals surface area contributed by atoms with Crippen molar-refractivity contribution >= 4 is 34.8 Å². The number of benzene rings is 3. The van der Waals surface area contributed by atoms with Crippen LogP contribution in [0.2, 0.25) is 10.0 Å². The van der Waals surface area contributed by atoms with Gasteiger partial charge in [-0.05, 0) is 78.9 Å². The van der Waals surface area contributed by atoms with Crippen molar-refractivity contribution in [1.82, 2.24) is 14.9 Å². The molecule has 0 radical (unpaired) electrons. The zero-order chi connectivity index (χ0) is 25.8. The maximum Gasteiger partial charge on any atom is 0.227 e. The minimum absolute atomic E-state index is 0.175. The van der Waals surface area contributed by atoms with Gasteiger partial charge in [0.2, 0.25) is 5.95 Å². The third kappa shape index (κ3) is 5.82. The highest BCUT2D eigenvalue weighted by molar-refractivity contribution is 6.42. The quantitative estimate of drug-likeness (QED) is 0.237. The van der Waals surface area contributed by atoms with Gasteiger partial charge in [0, 0.05) is 29.9 Å². The summed E-state index contributed by atoms with van der Waals surface area (Å²) in [5.74, 6) is 0.781. The molecule has 4 aromatic rings. The summed E-state index contributed by atoms with van der Waals surface area (Å²) in [6.45, 7) is 7.81. The zero-order valence-electron chi connectivity index (χ0n) is 21.3. The SMILES string of the molecule is CCCN(CC)CCc1ccc(Nc2ncc3c(n2)-c2ccccc2C(c2ccc(Cl)c(Cl)c2)C3)cc1. The van der Waals surface area contributed by atoms with E-state index >= 15 is 0 Å². The molecule has 0 saturated heterocycles. The lowest BCUT2D eigenvalue weighted by Gasteiger charge is -2.27. The van der Waals surface area contributed by atoms with Gasteiger partial charge < -0.3 is 10.2 Å². The Morgan fingerprint density at radius 3 is 2.51 bits per heavy atom. The molecule has 0 saturated carbocycles.